The normalized spacial score (nSPS) is 10.2. The van der Waals surface area contributed by atoms with Gasteiger partial charge < -0.3 is 5.32 Å². The van der Waals surface area contributed by atoms with Crippen LogP contribution in [0.1, 0.15) is 21.6 Å². The molecule has 0 unspecified atom stereocenters. The first-order valence-corrected chi connectivity index (χ1v) is 8.27. The van der Waals surface area contributed by atoms with Crippen molar-refractivity contribution in [1.29, 1.82) is 0 Å². The fourth-order valence-electron chi connectivity index (χ4n) is 2.36. The Kier molecular flexibility index (Phi) is 5.40. The summed E-state index contributed by atoms with van der Waals surface area (Å²) < 4.78 is 0. The van der Waals surface area contributed by atoms with Gasteiger partial charge in [0.15, 0.2) is 0 Å². The number of hydrogen-bond acceptors (Lipinski definition) is 8. The van der Waals surface area contributed by atoms with Crippen LogP contribution in [-0.2, 0) is 0 Å². The minimum absolute atomic E-state index is 0.0508. The average molecular weight is 379 g/mol. The van der Waals surface area contributed by atoms with Crippen LogP contribution < -0.4 is 16.2 Å². The Morgan fingerprint density at radius 1 is 1.04 bits per heavy atom. The quantitative estimate of drug-likeness (QED) is 0.439. The van der Waals surface area contributed by atoms with Crippen molar-refractivity contribution in [2.75, 3.05) is 10.7 Å². The lowest BCUT2D eigenvalue weighted by Crippen LogP contribution is -2.30. The van der Waals surface area contributed by atoms with E-state index in [1.165, 1.54) is 0 Å². The van der Waals surface area contributed by atoms with Crippen LogP contribution in [0.3, 0.4) is 0 Å². The number of amides is 1. The molecule has 3 rings (SSSR count). The molecule has 10 heteroatoms. The summed E-state index contributed by atoms with van der Waals surface area (Å²) in [4.78, 5) is 35.2. The first-order chi connectivity index (χ1) is 13.4. The second-order valence-electron chi connectivity index (χ2n) is 5.91. The molecule has 10 nitrogen and oxygen atoms in total. The van der Waals surface area contributed by atoms with Crippen LogP contribution >= 0.6 is 0 Å². The van der Waals surface area contributed by atoms with Gasteiger partial charge in [-0.1, -0.05) is 23.8 Å². The number of carbonyl (C=O) groups excluding carboxylic acids is 1. The number of hydrogen-bond donors (Lipinski definition) is 3. The fourth-order valence-corrected chi connectivity index (χ4v) is 2.36. The summed E-state index contributed by atoms with van der Waals surface area (Å²) in [7, 11) is 0. The molecule has 0 radical (unpaired) electrons. The Balaban J connectivity index is 1.82. The van der Waals surface area contributed by atoms with Crippen molar-refractivity contribution < 1.29 is 9.72 Å². The molecule has 3 N–H and O–H groups in total. The molecule has 0 aliphatic carbocycles. The average Bonchev–Trinajstić information content (AvgIpc) is 2.66. The van der Waals surface area contributed by atoms with Crippen LogP contribution in [0.15, 0.2) is 48.8 Å². The smallest absolute Gasteiger partial charge is 0.319 e. The van der Waals surface area contributed by atoms with Crippen molar-refractivity contribution in [3.63, 3.8) is 0 Å². The van der Waals surface area contributed by atoms with Crippen molar-refractivity contribution in [3.05, 3.63) is 75.7 Å². The van der Waals surface area contributed by atoms with Gasteiger partial charge in [0, 0.05) is 11.3 Å². The second-order valence-corrected chi connectivity index (χ2v) is 5.91. The van der Waals surface area contributed by atoms with E-state index in [1.807, 2.05) is 6.92 Å². The van der Waals surface area contributed by atoms with Crippen molar-refractivity contribution in [2.24, 2.45) is 0 Å². The predicted octanol–water partition coefficient (Wildman–Crippen LogP) is 2.90. The van der Waals surface area contributed by atoms with E-state index in [0.29, 0.717) is 11.4 Å². The molecule has 0 saturated carbocycles. The maximum Gasteiger partial charge on any atom is 0.355 e. The van der Waals surface area contributed by atoms with E-state index in [0.717, 1.165) is 17.6 Å². The molecule has 2 aromatic heterocycles. The molecule has 0 bridgehead atoms. The lowest BCUT2D eigenvalue weighted by atomic mass is 10.1. The van der Waals surface area contributed by atoms with Gasteiger partial charge in [0.25, 0.3) is 5.91 Å². The van der Waals surface area contributed by atoms with Gasteiger partial charge in [0.2, 0.25) is 11.6 Å². The standard InChI is InChI=1S/C18H17N7O3/c1-11-6-8-13(9-7-11)18(26)24-23-17-15(25(27)28)16(19-10-20-17)22-14-5-3-4-12(2)21-14/h3-10H,1-2H3,(H,24,26)(H2,19,20,21,22,23). The summed E-state index contributed by atoms with van der Waals surface area (Å²) in [6, 6.07) is 12.1. The van der Waals surface area contributed by atoms with Crippen molar-refractivity contribution in [3.8, 4) is 0 Å². The first kappa shape index (κ1) is 18.7. The number of anilines is 3. The Labute approximate surface area is 160 Å². The monoisotopic (exact) mass is 379 g/mol. The molecule has 0 aliphatic heterocycles. The fraction of sp³-hybridized carbons (Fsp3) is 0.111. The van der Waals surface area contributed by atoms with E-state index in [-0.39, 0.29) is 11.6 Å². The number of benzene rings is 1. The zero-order valence-corrected chi connectivity index (χ0v) is 15.1. The number of aromatic nitrogens is 3. The van der Waals surface area contributed by atoms with E-state index in [1.54, 1.807) is 49.4 Å². The van der Waals surface area contributed by atoms with Crippen LogP contribution in [0.5, 0.6) is 0 Å². The van der Waals surface area contributed by atoms with E-state index in [2.05, 4.69) is 31.1 Å². The van der Waals surface area contributed by atoms with E-state index >= 15 is 0 Å². The highest BCUT2D eigenvalue weighted by Gasteiger charge is 2.24. The number of hydrazine groups is 1. The Morgan fingerprint density at radius 2 is 1.75 bits per heavy atom. The SMILES string of the molecule is Cc1ccc(C(=O)NNc2ncnc(Nc3cccc(C)n3)c2[N+](=O)[O-])cc1. The number of pyridine rings is 1. The summed E-state index contributed by atoms with van der Waals surface area (Å²) in [5.41, 5.74) is 6.63. The predicted molar refractivity (Wildman–Crippen MR) is 103 cm³/mol. The molecule has 0 fully saturated rings. The van der Waals surface area contributed by atoms with E-state index in [4.69, 9.17) is 0 Å². The Morgan fingerprint density at radius 3 is 2.43 bits per heavy atom. The number of nitrogens with one attached hydrogen (secondary N) is 3. The van der Waals surface area contributed by atoms with Crippen LogP contribution in [0.25, 0.3) is 0 Å². The van der Waals surface area contributed by atoms with Crippen molar-refractivity contribution in [2.45, 2.75) is 13.8 Å². The van der Waals surface area contributed by atoms with Crippen molar-refractivity contribution >= 4 is 29.0 Å². The minimum Gasteiger partial charge on any atom is -0.319 e. The van der Waals surface area contributed by atoms with Gasteiger partial charge in [-0.25, -0.2) is 15.0 Å². The minimum atomic E-state index is -0.640. The lowest BCUT2D eigenvalue weighted by molar-refractivity contribution is -0.383. The molecule has 1 aromatic carbocycles. The van der Waals surface area contributed by atoms with Gasteiger partial charge in [-0.2, -0.15) is 0 Å². The molecule has 0 spiro atoms. The molecule has 2 heterocycles. The summed E-state index contributed by atoms with van der Waals surface area (Å²) in [5.74, 6) is -0.264. The highest BCUT2D eigenvalue weighted by atomic mass is 16.6. The Bertz CT molecular complexity index is 1020. The highest BCUT2D eigenvalue weighted by Crippen LogP contribution is 2.30. The van der Waals surface area contributed by atoms with Crippen LogP contribution in [0.4, 0.5) is 23.1 Å². The van der Waals surface area contributed by atoms with Crippen LogP contribution in [0.2, 0.25) is 0 Å². The molecular weight excluding hydrogens is 362 g/mol. The third-order valence-electron chi connectivity index (χ3n) is 3.75. The van der Waals surface area contributed by atoms with Gasteiger partial charge in [-0.15, -0.1) is 0 Å². The lowest BCUT2D eigenvalue weighted by Gasteiger charge is -2.11. The van der Waals surface area contributed by atoms with Gasteiger partial charge >= 0.3 is 5.69 Å². The van der Waals surface area contributed by atoms with Gasteiger partial charge in [-0.05, 0) is 38.1 Å². The molecule has 142 valence electrons. The molecule has 0 saturated heterocycles. The van der Waals surface area contributed by atoms with Gasteiger partial charge in [-0.3, -0.25) is 25.8 Å². The zero-order chi connectivity index (χ0) is 20.1. The van der Waals surface area contributed by atoms with Crippen LogP contribution in [-0.4, -0.2) is 25.8 Å². The maximum absolute atomic E-state index is 12.2. The molecule has 1 amide bonds. The molecule has 3 aromatic rings. The number of carbonyl (C=O) groups is 1. The molecular formula is C18H17N7O3. The van der Waals surface area contributed by atoms with Crippen LogP contribution in [0, 0.1) is 24.0 Å². The summed E-state index contributed by atoms with van der Waals surface area (Å²) in [5, 5.41) is 14.4. The summed E-state index contributed by atoms with van der Waals surface area (Å²) in [6.07, 6.45) is 1.14. The molecule has 0 atom stereocenters. The van der Waals surface area contributed by atoms with E-state index < -0.39 is 16.5 Å². The zero-order valence-electron chi connectivity index (χ0n) is 15.1. The number of aryl methyl sites for hydroxylation is 2. The van der Waals surface area contributed by atoms with Gasteiger partial charge in [0.1, 0.15) is 12.1 Å². The Hall–Kier alpha value is -4.08. The maximum atomic E-state index is 12.2. The summed E-state index contributed by atoms with van der Waals surface area (Å²) in [6.45, 7) is 3.70. The molecule has 28 heavy (non-hydrogen) atoms. The highest BCUT2D eigenvalue weighted by molar-refractivity contribution is 5.95. The largest absolute Gasteiger partial charge is 0.355 e. The number of nitro groups is 1. The second kappa shape index (κ2) is 8.08. The third-order valence-corrected chi connectivity index (χ3v) is 3.75. The molecule has 0 aliphatic rings. The number of rotatable bonds is 6. The topological polar surface area (TPSA) is 135 Å². The third kappa shape index (κ3) is 4.36. The summed E-state index contributed by atoms with van der Waals surface area (Å²) >= 11 is 0. The van der Waals surface area contributed by atoms with Crippen molar-refractivity contribution in [1.82, 2.24) is 20.4 Å². The van der Waals surface area contributed by atoms with E-state index in [9.17, 15) is 14.9 Å². The number of nitrogens with zero attached hydrogens (tertiary/aromatic N) is 4. The van der Waals surface area contributed by atoms with Gasteiger partial charge in [0.05, 0.1) is 4.92 Å². The first-order valence-electron chi connectivity index (χ1n) is 8.27.